The van der Waals surface area contributed by atoms with Gasteiger partial charge in [-0.25, -0.2) is 19.7 Å². The molecule has 182 valence electrons. The number of aromatic nitrogens is 5. The number of nitrogens with one attached hydrogen (secondary N) is 1. The molecule has 2 saturated carbocycles. The summed E-state index contributed by atoms with van der Waals surface area (Å²) < 4.78 is 6.88. The minimum atomic E-state index is -0.409. The molecule has 0 saturated heterocycles. The summed E-state index contributed by atoms with van der Waals surface area (Å²) in [6.07, 6.45) is 6.00. The molecule has 4 aromatic heterocycles. The van der Waals surface area contributed by atoms with Crippen molar-refractivity contribution in [3.63, 3.8) is 0 Å². The van der Waals surface area contributed by atoms with Crippen LogP contribution >= 0.6 is 11.3 Å². The van der Waals surface area contributed by atoms with Crippen molar-refractivity contribution in [2.45, 2.75) is 58.2 Å². The number of ether oxygens (including phenoxy) is 1. The summed E-state index contributed by atoms with van der Waals surface area (Å²) in [6, 6.07) is 2.69. The van der Waals surface area contributed by atoms with E-state index in [2.05, 4.69) is 19.9 Å². The Bertz CT molecular complexity index is 1470. The van der Waals surface area contributed by atoms with Gasteiger partial charge in [-0.1, -0.05) is 11.3 Å². The maximum atomic E-state index is 13.7. The van der Waals surface area contributed by atoms with Crippen molar-refractivity contribution >= 4 is 56.2 Å². The molecular weight excluding hydrogens is 466 g/mol. The summed E-state index contributed by atoms with van der Waals surface area (Å²) in [4.78, 5) is 47.6. The predicted molar refractivity (Wildman–Crippen MR) is 134 cm³/mol. The van der Waals surface area contributed by atoms with Crippen LogP contribution in [0.5, 0.6) is 0 Å². The number of carbonyl (C=O) groups is 2. The van der Waals surface area contributed by atoms with Crippen LogP contribution in [0.1, 0.15) is 58.5 Å². The highest BCUT2D eigenvalue weighted by molar-refractivity contribution is 7.17. The molecule has 11 heteroatoms. The van der Waals surface area contributed by atoms with Gasteiger partial charge in [-0.15, -0.1) is 0 Å². The highest BCUT2D eigenvalue weighted by atomic mass is 32.1. The van der Waals surface area contributed by atoms with Crippen LogP contribution in [-0.2, 0) is 11.3 Å². The third-order valence-corrected chi connectivity index (χ3v) is 8.02. The zero-order valence-corrected chi connectivity index (χ0v) is 21.0. The van der Waals surface area contributed by atoms with Gasteiger partial charge in [-0.3, -0.25) is 4.79 Å². The van der Waals surface area contributed by atoms with Crippen LogP contribution in [0.3, 0.4) is 0 Å². The maximum Gasteiger partial charge on any atom is 0.350 e. The Balaban J connectivity index is 1.48. The van der Waals surface area contributed by atoms with Gasteiger partial charge in [0.05, 0.1) is 19.1 Å². The summed E-state index contributed by atoms with van der Waals surface area (Å²) in [7, 11) is 3.22. The summed E-state index contributed by atoms with van der Waals surface area (Å²) >= 11 is 1.25. The Morgan fingerprint density at radius 3 is 2.57 bits per heavy atom. The smallest absolute Gasteiger partial charge is 0.350 e. The van der Waals surface area contributed by atoms with Crippen LogP contribution in [0.25, 0.3) is 22.1 Å². The van der Waals surface area contributed by atoms with E-state index in [1.54, 1.807) is 13.3 Å². The molecule has 0 unspecified atom stereocenters. The van der Waals surface area contributed by atoms with Crippen LogP contribution in [-0.4, -0.2) is 67.5 Å². The first-order valence-electron chi connectivity index (χ1n) is 11.9. The van der Waals surface area contributed by atoms with E-state index in [-0.39, 0.29) is 5.91 Å². The fourth-order valence-electron chi connectivity index (χ4n) is 4.76. The fourth-order valence-corrected chi connectivity index (χ4v) is 5.71. The molecule has 0 bridgehead atoms. The highest BCUT2D eigenvalue weighted by Gasteiger charge is 2.43. The molecule has 2 aliphatic rings. The highest BCUT2D eigenvalue weighted by Crippen LogP contribution is 2.40. The number of thiazole rings is 1. The lowest BCUT2D eigenvalue weighted by molar-refractivity contribution is 0.0604. The lowest BCUT2D eigenvalue weighted by Crippen LogP contribution is -2.36. The van der Waals surface area contributed by atoms with E-state index < -0.39 is 5.97 Å². The van der Waals surface area contributed by atoms with E-state index in [1.165, 1.54) is 18.4 Å². The molecule has 4 aromatic rings. The number of anilines is 2. The van der Waals surface area contributed by atoms with Gasteiger partial charge in [0.2, 0.25) is 0 Å². The number of imidazole rings is 1. The molecule has 0 spiro atoms. The van der Waals surface area contributed by atoms with Gasteiger partial charge in [0.25, 0.3) is 5.91 Å². The van der Waals surface area contributed by atoms with Crippen molar-refractivity contribution < 1.29 is 14.3 Å². The van der Waals surface area contributed by atoms with Gasteiger partial charge in [-0.2, -0.15) is 0 Å². The lowest BCUT2D eigenvalue weighted by Gasteiger charge is -2.22. The number of nitrogens with zero attached hydrogens (tertiary/aromatic N) is 6. The van der Waals surface area contributed by atoms with Crippen molar-refractivity contribution in [1.29, 1.82) is 0 Å². The number of carbonyl (C=O) groups excluding carboxylic acids is 2. The predicted octanol–water partition coefficient (Wildman–Crippen LogP) is 4.02. The molecule has 0 atom stereocenters. The van der Waals surface area contributed by atoms with Crippen LogP contribution in [0, 0.1) is 6.92 Å². The van der Waals surface area contributed by atoms with Crippen LogP contribution in [0.4, 0.5) is 10.9 Å². The monoisotopic (exact) mass is 493 g/mol. The number of aryl methyl sites for hydroxylation is 2. The van der Waals surface area contributed by atoms with E-state index in [9.17, 15) is 9.59 Å². The van der Waals surface area contributed by atoms with Gasteiger partial charge in [0.15, 0.2) is 10.9 Å². The molecule has 2 fully saturated rings. The number of amides is 1. The number of aromatic amines is 1. The van der Waals surface area contributed by atoms with Gasteiger partial charge in [-0.05, 0) is 45.6 Å². The summed E-state index contributed by atoms with van der Waals surface area (Å²) in [5.41, 5.74) is 3.49. The Labute approximate surface area is 205 Å². The van der Waals surface area contributed by atoms with E-state index in [0.717, 1.165) is 42.1 Å². The van der Waals surface area contributed by atoms with Crippen LogP contribution < -0.4 is 4.90 Å². The first kappa shape index (κ1) is 22.0. The van der Waals surface area contributed by atoms with Crippen molar-refractivity contribution in [3.05, 3.63) is 28.7 Å². The topological polar surface area (TPSA) is 109 Å². The number of H-pyrrole nitrogens is 1. The number of hydrogen-bond donors (Lipinski definition) is 1. The summed E-state index contributed by atoms with van der Waals surface area (Å²) in [5.74, 6) is 0.309. The normalized spacial score (nSPS) is 15.7. The zero-order valence-electron chi connectivity index (χ0n) is 20.2. The average Bonchev–Trinajstić information content (AvgIpc) is 3.75. The van der Waals surface area contributed by atoms with Crippen LogP contribution in [0.15, 0.2) is 12.4 Å². The number of hydrogen-bond acceptors (Lipinski definition) is 8. The van der Waals surface area contributed by atoms with E-state index in [4.69, 9.17) is 9.72 Å². The lowest BCUT2D eigenvalue weighted by atomic mass is 10.2. The summed E-state index contributed by atoms with van der Waals surface area (Å²) in [6.45, 7) is 4.43. The number of fused-ring (bicyclic) bond motifs is 3. The maximum absolute atomic E-state index is 13.7. The third-order valence-electron chi connectivity index (χ3n) is 6.81. The number of methoxy groups -OCH3 is 1. The fraction of sp³-hybridized carbons (Fsp3) is 0.458. The second kappa shape index (κ2) is 8.04. The zero-order chi connectivity index (χ0) is 24.4. The molecule has 10 nitrogen and oxygen atoms in total. The Morgan fingerprint density at radius 2 is 1.94 bits per heavy atom. The van der Waals surface area contributed by atoms with Crippen molar-refractivity contribution in [1.82, 2.24) is 29.4 Å². The molecule has 6 rings (SSSR count). The second-order valence-electron chi connectivity index (χ2n) is 9.21. The molecule has 0 aromatic carbocycles. The van der Waals surface area contributed by atoms with E-state index in [1.807, 2.05) is 29.5 Å². The quantitative estimate of drug-likeness (QED) is 0.387. The Morgan fingerprint density at radius 1 is 1.23 bits per heavy atom. The SMILES string of the molecule is CCn1c(C(=O)N(C2CC2)C2CC2)cc2c3nc[nH]c3c(N(C)c3nc(C)c(C(=O)OC)s3)nc21. The molecule has 4 heterocycles. The van der Waals surface area contributed by atoms with Gasteiger partial charge >= 0.3 is 5.97 Å². The van der Waals surface area contributed by atoms with Crippen molar-refractivity contribution in [2.75, 3.05) is 19.1 Å². The number of esters is 1. The molecule has 1 amide bonds. The number of pyridine rings is 1. The molecule has 2 aliphatic carbocycles. The average molecular weight is 494 g/mol. The van der Waals surface area contributed by atoms with Gasteiger partial charge < -0.3 is 24.1 Å². The molecule has 35 heavy (non-hydrogen) atoms. The second-order valence-corrected chi connectivity index (χ2v) is 10.2. The van der Waals surface area contributed by atoms with E-state index >= 15 is 0 Å². The third kappa shape index (κ3) is 3.48. The molecule has 1 N–H and O–H groups in total. The largest absolute Gasteiger partial charge is 0.465 e. The van der Waals surface area contributed by atoms with Crippen LogP contribution in [0.2, 0.25) is 0 Å². The Kier molecular flexibility index (Phi) is 5.06. The van der Waals surface area contributed by atoms with E-state index in [0.29, 0.717) is 51.5 Å². The molecule has 0 radical (unpaired) electrons. The van der Waals surface area contributed by atoms with Crippen molar-refractivity contribution in [3.8, 4) is 0 Å². The van der Waals surface area contributed by atoms with Gasteiger partial charge in [0, 0.05) is 31.1 Å². The number of rotatable bonds is 7. The molecular formula is C24H27N7O3S. The Hall–Kier alpha value is -3.47. The minimum absolute atomic E-state index is 0.0895. The first-order chi connectivity index (χ1) is 16.9. The van der Waals surface area contributed by atoms with Crippen molar-refractivity contribution in [2.24, 2.45) is 0 Å². The van der Waals surface area contributed by atoms with Gasteiger partial charge in [0.1, 0.15) is 27.3 Å². The molecule has 0 aliphatic heterocycles. The summed E-state index contributed by atoms with van der Waals surface area (Å²) in [5, 5.41) is 1.46. The minimum Gasteiger partial charge on any atom is -0.465 e. The standard InChI is InChI=1S/C24H27N7O3S/c1-5-30-16(22(32)31(13-6-7-13)14-8-9-14)10-15-17-18(26-11-25-17)21(28-20(15)30)29(3)24-27-12(2)19(35-24)23(33)34-4/h10-11,13-14H,5-9H2,1-4H3,(H,25,26). The first-order valence-corrected chi connectivity index (χ1v) is 12.7.